The van der Waals surface area contributed by atoms with Crippen LogP contribution in [0.1, 0.15) is 24.1 Å². The number of anilines is 2. The van der Waals surface area contributed by atoms with Crippen LogP contribution in [0, 0.1) is 0 Å². The van der Waals surface area contributed by atoms with Crippen molar-refractivity contribution in [1.82, 2.24) is 19.5 Å². The maximum absolute atomic E-state index is 5.44. The third-order valence-electron chi connectivity index (χ3n) is 5.76. The summed E-state index contributed by atoms with van der Waals surface area (Å²) in [7, 11) is 1.69. The van der Waals surface area contributed by atoms with Gasteiger partial charge < -0.3 is 15.4 Å². The summed E-state index contributed by atoms with van der Waals surface area (Å²) in [6, 6.07) is 26.4. The van der Waals surface area contributed by atoms with Gasteiger partial charge in [0, 0.05) is 24.0 Å². The van der Waals surface area contributed by atoms with Crippen molar-refractivity contribution in [3.05, 3.63) is 103 Å². The SMILES string of the molecule is COc1ccccc1CNc1ccc2c(c1)ncn2-c1ccnc(N[C@@H](C)c2ccccc2)n1. The summed E-state index contributed by atoms with van der Waals surface area (Å²) in [5.41, 5.74) is 5.13. The van der Waals surface area contributed by atoms with Gasteiger partial charge in [0.15, 0.2) is 0 Å². The summed E-state index contributed by atoms with van der Waals surface area (Å²) in [6.45, 7) is 2.76. The highest BCUT2D eigenvalue weighted by Gasteiger charge is 2.11. The molecule has 0 bridgehead atoms. The van der Waals surface area contributed by atoms with Crippen molar-refractivity contribution in [2.24, 2.45) is 0 Å². The first kappa shape index (κ1) is 21.5. The summed E-state index contributed by atoms with van der Waals surface area (Å²) in [6.07, 6.45) is 3.55. The molecule has 2 N–H and O–H groups in total. The van der Waals surface area contributed by atoms with Crippen LogP contribution in [0.4, 0.5) is 11.6 Å². The predicted molar refractivity (Wildman–Crippen MR) is 135 cm³/mol. The maximum Gasteiger partial charge on any atom is 0.225 e. The topological polar surface area (TPSA) is 76.9 Å². The van der Waals surface area contributed by atoms with Crippen molar-refractivity contribution < 1.29 is 4.74 Å². The number of rotatable bonds is 8. The quantitative estimate of drug-likeness (QED) is 0.320. The molecular formula is C27H26N6O. The highest BCUT2D eigenvalue weighted by atomic mass is 16.5. The number of fused-ring (bicyclic) bond motifs is 1. The van der Waals surface area contributed by atoms with Crippen LogP contribution < -0.4 is 15.4 Å². The van der Waals surface area contributed by atoms with Gasteiger partial charge >= 0.3 is 0 Å². The van der Waals surface area contributed by atoms with Crippen LogP contribution in [-0.2, 0) is 6.54 Å². The van der Waals surface area contributed by atoms with Gasteiger partial charge in [-0.25, -0.2) is 9.97 Å². The zero-order valence-corrected chi connectivity index (χ0v) is 19.1. The van der Waals surface area contributed by atoms with Crippen molar-refractivity contribution in [2.45, 2.75) is 19.5 Å². The van der Waals surface area contributed by atoms with Crippen LogP contribution in [0.2, 0.25) is 0 Å². The minimum atomic E-state index is 0.0906. The second-order valence-corrected chi connectivity index (χ2v) is 8.00. The Kier molecular flexibility index (Phi) is 6.07. The molecule has 7 heteroatoms. The van der Waals surface area contributed by atoms with Gasteiger partial charge in [0.1, 0.15) is 17.9 Å². The molecule has 7 nitrogen and oxygen atoms in total. The van der Waals surface area contributed by atoms with E-state index >= 15 is 0 Å². The van der Waals surface area contributed by atoms with Crippen LogP contribution in [-0.4, -0.2) is 26.6 Å². The van der Waals surface area contributed by atoms with E-state index in [4.69, 9.17) is 9.72 Å². The Bertz CT molecular complexity index is 1400. The smallest absolute Gasteiger partial charge is 0.225 e. The summed E-state index contributed by atoms with van der Waals surface area (Å²) in [4.78, 5) is 13.7. The highest BCUT2D eigenvalue weighted by molar-refractivity contribution is 5.81. The molecule has 0 aliphatic carbocycles. The zero-order chi connectivity index (χ0) is 23.3. The second-order valence-electron chi connectivity index (χ2n) is 8.00. The third kappa shape index (κ3) is 4.54. The van der Waals surface area contributed by atoms with Gasteiger partial charge in [-0.1, -0.05) is 48.5 Å². The standard InChI is InChI=1S/C27H26N6O/c1-19(20-8-4-3-5-9-20)31-27-28-15-14-26(32-27)33-18-30-23-16-22(12-13-24(23)33)29-17-21-10-6-7-11-25(21)34-2/h3-16,18-19,29H,17H2,1-2H3,(H,28,31,32)/t19-/m0/s1. The van der Waals surface area contributed by atoms with Crippen LogP contribution in [0.25, 0.3) is 16.9 Å². The third-order valence-corrected chi connectivity index (χ3v) is 5.76. The Labute approximate surface area is 198 Å². The fraction of sp³-hybridized carbons (Fsp3) is 0.148. The van der Waals surface area contributed by atoms with Gasteiger partial charge in [0.25, 0.3) is 0 Å². The molecule has 0 aliphatic rings. The van der Waals surface area contributed by atoms with Crippen molar-refractivity contribution in [3.63, 3.8) is 0 Å². The Morgan fingerprint density at radius 3 is 2.62 bits per heavy atom. The lowest BCUT2D eigenvalue weighted by Gasteiger charge is -2.14. The Balaban J connectivity index is 1.34. The zero-order valence-electron chi connectivity index (χ0n) is 19.1. The maximum atomic E-state index is 5.44. The molecule has 0 unspecified atom stereocenters. The molecular weight excluding hydrogens is 424 g/mol. The molecule has 0 spiro atoms. The molecule has 0 radical (unpaired) electrons. The first-order valence-electron chi connectivity index (χ1n) is 11.2. The monoisotopic (exact) mass is 450 g/mol. The van der Waals surface area contributed by atoms with E-state index in [1.165, 1.54) is 5.56 Å². The van der Waals surface area contributed by atoms with E-state index in [0.717, 1.165) is 33.9 Å². The van der Waals surface area contributed by atoms with Gasteiger partial charge in [0.05, 0.1) is 24.2 Å². The van der Waals surface area contributed by atoms with Crippen LogP contribution in [0.3, 0.4) is 0 Å². The number of nitrogens with one attached hydrogen (secondary N) is 2. The van der Waals surface area contributed by atoms with E-state index in [1.54, 1.807) is 19.6 Å². The molecule has 34 heavy (non-hydrogen) atoms. The summed E-state index contributed by atoms with van der Waals surface area (Å²) in [5, 5.41) is 6.84. The first-order valence-corrected chi connectivity index (χ1v) is 11.2. The molecule has 2 heterocycles. The lowest BCUT2D eigenvalue weighted by molar-refractivity contribution is 0.410. The Hall–Kier alpha value is -4.39. The predicted octanol–water partition coefficient (Wildman–Crippen LogP) is 5.61. The van der Waals surface area contributed by atoms with E-state index in [9.17, 15) is 0 Å². The van der Waals surface area contributed by atoms with Gasteiger partial charge in [-0.05, 0) is 42.8 Å². The normalized spacial score (nSPS) is 11.8. The molecule has 0 saturated carbocycles. The number of methoxy groups -OCH3 is 1. The molecule has 170 valence electrons. The number of aromatic nitrogens is 4. The summed E-state index contributed by atoms with van der Waals surface area (Å²) >= 11 is 0. The number of hydrogen-bond donors (Lipinski definition) is 2. The largest absolute Gasteiger partial charge is 0.496 e. The molecule has 5 rings (SSSR count). The number of benzene rings is 3. The number of imidazole rings is 1. The summed E-state index contributed by atoms with van der Waals surface area (Å²) < 4.78 is 7.41. The minimum Gasteiger partial charge on any atom is -0.496 e. The van der Waals surface area contributed by atoms with Crippen molar-refractivity contribution in [2.75, 3.05) is 17.7 Å². The molecule has 0 saturated heterocycles. The van der Waals surface area contributed by atoms with Crippen LogP contribution in [0.5, 0.6) is 5.75 Å². The van der Waals surface area contributed by atoms with Crippen LogP contribution in [0.15, 0.2) is 91.4 Å². The average molecular weight is 451 g/mol. The van der Waals surface area contributed by atoms with E-state index in [2.05, 4.69) is 51.8 Å². The van der Waals surface area contributed by atoms with Crippen molar-refractivity contribution >= 4 is 22.7 Å². The van der Waals surface area contributed by atoms with E-state index < -0.39 is 0 Å². The molecule has 0 amide bonds. The van der Waals surface area contributed by atoms with Gasteiger partial charge in [-0.15, -0.1) is 0 Å². The fourth-order valence-electron chi connectivity index (χ4n) is 3.92. The lowest BCUT2D eigenvalue weighted by Crippen LogP contribution is -2.10. The second kappa shape index (κ2) is 9.62. The molecule has 2 aromatic heterocycles. The molecule has 3 aromatic carbocycles. The van der Waals surface area contributed by atoms with Gasteiger partial charge in [-0.3, -0.25) is 4.57 Å². The molecule has 0 fully saturated rings. The number of hydrogen-bond acceptors (Lipinski definition) is 6. The lowest BCUT2D eigenvalue weighted by atomic mass is 10.1. The minimum absolute atomic E-state index is 0.0906. The molecule has 1 atom stereocenters. The van der Waals surface area contributed by atoms with Gasteiger partial charge in [-0.2, -0.15) is 4.98 Å². The van der Waals surface area contributed by atoms with Gasteiger partial charge in [0.2, 0.25) is 5.95 Å². The first-order chi connectivity index (χ1) is 16.7. The Morgan fingerprint density at radius 1 is 0.941 bits per heavy atom. The molecule has 0 aliphatic heterocycles. The molecule has 5 aromatic rings. The Morgan fingerprint density at radius 2 is 1.76 bits per heavy atom. The van der Waals surface area contributed by atoms with Crippen molar-refractivity contribution in [1.29, 1.82) is 0 Å². The van der Waals surface area contributed by atoms with Crippen LogP contribution >= 0.6 is 0 Å². The highest BCUT2D eigenvalue weighted by Crippen LogP contribution is 2.24. The van der Waals surface area contributed by atoms with E-state index in [-0.39, 0.29) is 6.04 Å². The fourth-order valence-corrected chi connectivity index (χ4v) is 3.92. The van der Waals surface area contributed by atoms with E-state index in [1.807, 2.05) is 59.2 Å². The summed E-state index contributed by atoms with van der Waals surface area (Å²) in [5.74, 6) is 2.20. The average Bonchev–Trinajstić information content (AvgIpc) is 3.31. The van der Waals surface area contributed by atoms with E-state index in [0.29, 0.717) is 12.5 Å². The number of nitrogens with zero attached hydrogens (tertiary/aromatic N) is 4. The van der Waals surface area contributed by atoms with Crippen molar-refractivity contribution in [3.8, 4) is 11.6 Å². The number of ether oxygens (including phenoxy) is 1. The number of para-hydroxylation sites is 1.